The lowest BCUT2D eigenvalue weighted by Crippen LogP contribution is -2.39. The quantitative estimate of drug-likeness (QED) is 0.822. The van der Waals surface area contributed by atoms with Gasteiger partial charge in [-0.1, -0.05) is 51.1 Å². The number of hydrogen-bond donors (Lipinski definition) is 0. The van der Waals surface area contributed by atoms with E-state index in [1.807, 2.05) is 66.4 Å². The van der Waals surface area contributed by atoms with Crippen molar-refractivity contribution in [3.63, 3.8) is 0 Å². The van der Waals surface area contributed by atoms with E-state index in [4.69, 9.17) is 0 Å². The fourth-order valence-corrected chi connectivity index (χ4v) is 3.30. The Morgan fingerprint density at radius 2 is 1.65 bits per heavy atom. The number of carbonyl (C=O) groups is 2. The largest absolute Gasteiger partial charge is 0.310 e. The van der Waals surface area contributed by atoms with Crippen LogP contribution in [-0.4, -0.2) is 24.9 Å². The van der Waals surface area contributed by atoms with Gasteiger partial charge in [0.15, 0.2) is 0 Å². The Morgan fingerprint density at radius 1 is 1.04 bits per heavy atom. The summed E-state index contributed by atoms with van der Waals surface area (Å²) in [4.78, 5) is 29.8. The van der Waals surface area contributed by atoms with Crippen LogP contribution in [0.3, 0.4) is 0 Å². The standard InChI is InChI=1S/C22H26N2O2/c1-16(2)13-14-23-19-11-7-8-12-20(19)24(15-17(3)21(23)25)22(26)18-9-5-4-6-10-18/h4-12,16-17H,13-15H2,1-3H3. The molecular formula is C22H26N2O2. The van der Waals surface area contributed by atoms with Gasteiger partial charge in [0.25, 0.3) is 5.91 Å². The normalized spacial score (nSPS) is 17.2. The van der Waals surface area contributed by atoms with Crippen molar-refractivity contribution in [3.8, 4) is 0 Å². The average molecular weight is 350 g/mol. The maximum Gasteiger partial charge on any atom is 0.258 e. The second kappa shape index (κ2) is 7.73. The zero-order valence-corrected chi connectivity index (χ0v) is 15.7. The zero-order chi connectivity index (χ0) is 18.7. The molecule has 0 aliphatic carbocycles. The van der Waals surface area contributed by atoms with Crippen molar-refractivity contribution in [2.24, 2.45) is 11.8 Å². The summed E-state index contributed by atoms with van der Waals surface area (Å²) in [6.45, 7) is 7.28. The van der Waals surface area contributed by atoms with Crippen molar-refractivity contribution >= 4 is 23.2 Å². The van der Waals surface area contributed by atoms with Gasteiger partial charge >= 0.3 is 0 Å². The molecule has 0 aromatic heterocycles. The van der Waals surface area contributed by atoms with Crippen LogP contribution in [0.15, 0.2) is 54.6 Å². The molecule has 0 radical (unpaired) electrons. The van der Waals surface area contributed by atoms with Gasteiger partial charge in [-0.15, -0.1) is 0 Å². The lowest BCUT2D eigenvalue weighted by Gasteiger charge is -2.26. The maximum atomic E-state index is 13.1. The van der Waals surface area contributed by atoms with Gasteiger partial charge in [0, 0.05) is 18.7 Å². The third kappa shape index (κ3) is 3.64. The van der Waals surface area contributed by atoms with E-state index in [0.717, 1.165) is 17.8 Å². The molecule has 4 heteroatoms. The summed E-state index contributed by atoms with van der Waals surface area (Å²) >= 11 is 0. The van der Waals surface area contributed by atoms with Gasteiger partial charge < -0.3 is 9.80 Å². The number of carbonyl (C=O) groups excluding carboxylic acids is 2. The molecule has 1 heterocycles. The van der Waals surface area contributed by atoms with E-state index < -0.39 is 0 Å². The highest BCUT2D eigenvalue weighted by Gasteiger charge is 2.33. The van der Waals surface area contributed by atoms with Crippen LogP contribution in [0.1, 0.15) is 37.6 Å². The molecule has 0 saturated carbocycles. The van der Waals surface area contributed by atoms with Crippen LogP contribution in [0.25, 0.3) is 0 Å². The lowest BCUT2D eigenvalue weighted by atomic mass is 10.1. The van der Waals surface area contributed by atoms with Crippen LogP contribution in [0.4, 0.5) is 11.4 Å². The van der Waals surface area contributed by atoms with E-state index in [1.54, 1.807) is 4.90 Å². The molecule has 3 rings (SSSR count). The molecule has 0 N–H and O–H groups in total. The molecule has 1 atom stereocenters. The third-order valence-electron chi connectivity index (χ3n) is 4.80. The minimum Gasteiger partial charge on any atom is -0.310 e. The molecule has 1 aliphatic rings. The Balaban J connectivity index is 2.02. The fourth-order valence-electron chi connectivity index (χ4n) is 3.30. The van der Waals surface area contributed by atoms with Gasteiger partial charge in [-0.05, 0) is 36.6 Å². The number of rotatable bonds is 4. The Kier molecular flexibility index (Phi) is 5.40. The van der Waals surface area contributed by atoms with E-state index in [0.29, 0.717) is 24.6 Å². The summed E-state index contributed by atoms with van der Waals surface area (Å²) in [6, 6.07) is 17.0. The second-order valence-corrected chi connectivity index (χ2v) is 7.34. The maximum absolute atomic E-state index is 13.1. The first kappa shape index (κ1) is 18.2. The number of fused-ring (bicyclic) bond motifs is 1. The molecule has 0 saturated heterocycles. The smallest absolute Gasteiger partial charge is 0.258 e. The van der Waals surface area contributed by atoms with E-state index in [-0.39, 0.29) is 17.7 Å². The van der Waals surface area contributed by atoms with Gasteiger partial charge in [0.2, 0.25) is 5.91 Å². The molecular weight excluding hydrogens is 324 g/mol. The highest BCUT2D eigenvalue weighted by molar-refractivity contribution is 6.11. The Morgan fingerprint density at radius 3 is 2.31 bits per heavy atom. The van der Waals surface area contributed by atoms with Crippen LogP contribution < -0.4 is 9.80 Å². The van der Waals surface area contributed by atoms with Crippen molar-refractivity contribution in [2.75, 3.05) is 22.9 Å². The summed E-state index contributed by atoms with van der Waals surface area (Å²) in [5, 5.41) is 0. The number of para-hydroxylation sites is 2. The molecule has 4 nitrogen and oxygen atoms in total. The number of anilines is 2. The van der Waals surface area contributed by atoms with Crippen LogP contribution in [-0.2, 0) is 4.79 Å². The Hall–Kier alpha value is -2.62. The van der Waals surface area contributed by atoms with Gasteiger partial charge in [-0.3, -0.25) is 9.59 Å². The molecule has 2 aromatic carbocycles. The Labute approximate surface area is 155 Å². The summed E-state index contributed by atoms with van der Waals surface area (Å²) in [5.74, 6) is 0.280. The molecule has 0 spiro atoms. The molecule has 2 aromatic rings. The van der Waals surface area contributed by atoms with Gasteiger partial charge in [-0.2, -0.15) is 0 Å². The van der Waals surface area contributed by atoms with Gasteiger partial charge in [0.1, 0.15) is 0 Å². The summed E-state index contributed by atoms with van der Waals surface area (Å²) in [6.07, 6.45) is 0.930. The first-order chi connectivity index (χ1) is 12.5. The fraction of sp³-hybridized carbons (Fsp3) is 0.364. The van der Waals surface area contributed by atoms with Crippen LogP contribution >= 0.6 is 0 Å². The lowest BCUT2D eigenvalue weighted by molar-refractivity contribution is -0.121. The predicted molar refractivity (Wildman–Crippen MR) is 106 cm³/mol. The molecule has 0 fully saturated rings. The van der Waals surface area contributed by atoms with E-state index in [1.165, 1.54) is 0 Å². The molecule has 0 bridgehead atoms. The Bertz CT molecular complexity index is 786. The highest BCUT2D eigenvalue weighted by atomic mass is 16.2. The van der Waals surface area contributed by atoms with Gasteiger partial charge in [0.05, 0.1) is 17.3 Å². The topological polar surface area (TPSA) is 40.6 Å². The first-order valence-corrected chi connectivity index (χ1v) is 9.26. The van der Waals surface area contributed by atoms with E-state index >= 15 is 0 Å². The van der Waals surface area contributed by atoms with Crippen molar-refractivity contribution in [3.05, 3.63) is 60.2 Å². The number of hydrogen-bond acceptors (Lipinski definition) is 2. The minimum absolute atomic E-state index is 0.0663. The van der Waals surface area contributed by atoms with Crippen molar-refractivity contribution in [1.29, 1.82) is 0 Å². The van der Waals surface area contributed by atoms with Crippen LogP contribution in [0.2, 0.25) is 0 Å². The summed E-state index contributed by atoms with van der Waals surface area (Å²) in [7, 11) is 0. The monoisotopic (exact) mass is 350 g/mol. The first-order valence-electron chi connectivity index (χ1n) is 9.26. The minimum atomic E-state index is -0.248. The van der Waals surface area contributed by atoms with Crippen LogP contribution in [0.5, 0.6) is 0 Å². The summed E-state index contributed by atoms with van der Waals surface area (Å²) in [5.41, 5.74) is 2.27. The molecule has 2 amide bonds. The molecule has 26 heavy (non-hydrogen) atoms. The third-order valence-corrected chi connectivity index (χ3v) is 4.80. The zero-order valence-electron chi connectivity index (χ0n) is 15.7. The SMILES string of the molecule is CC(C)CCN1C(=O)C(C)CN(C(=O)c2ccccc2)c2ccccc21. The average Bonchev–Trinajstić information content (AvgIpc) is 2.76. The summed E-state index contributed by atoms with van der Waals surface area (Å²) < 4.78 is 0. The highest BCUT2D eigenvalue weighted by Crippen LogP contribution is 2.35. The van der Waals surface area contributed by atoms with Gasteiger partial charge in [-0.25, -0.2) is 0 Å². The van der Waals surface area contributed by atoms with E-state index in [9.17, 15) is 9.59 Å². The number of benzene rings is 2. The van der Waals surface area contributed by atoms with Crippen LogP contribution in [0, 0.1) is 11.8 Å². The van der Waals surface area contributed by atoms with E-state index in [2.05, 4.69) is 13.8 Å². The van der Waals surface area contributed by atoms with Crippen molar-refractivity contribution < 1.29 is 9.59 Å². The number of amides is 2. The van der Waals surface area contributed by atoms with Crippen molar-refractivity contribution in [1.82, 2.24) is 0 Å². The second-order valence-electron chi connectivity index (χ2n) is 7.34. The molecule has 1 aliphatic heterocycles. The molecule has 1 unspecified atom stereocenters. The molecule has 136 valence electrons. The van der Waals surface area contributed by atoms with Crippen molar-refractivity contribution in [2.45, 2.75) is 27.2 Å². The predicted octanol–water partition coefficient (Wildman–Crippen LogP) is 4.36. The number of nitrogens with zero attached hydrogens (tertiary/aromatic N) is 2.